The zero-order chi connectivity index (χ0) is 18.0. The molecule has 0 atom stereocenters. The molecule has 6 nitrogen and oxygen atoms in total. The second-order valence-electron chi connectivity index (χ2n) is 5.53. The SMILES string of the molecule is Cc1cc(=O)oc2cc(N)ccc12.Nc1cc2ccccc2oc1=O. The molecule has 6 heteroatoms. The normalized spacial score (nSPS) is 10.4. The first-order chi connectivity index (χ1) is 11.9. The van der Waals surface area contributed by atoms with E-state index in [1.807, 2.05) is 31.2 Å². The van der Waals surface area contributed by atoms with E-state index in [9.17, 15) is 9.59 Å². The Morgan fingerprint density at radius 1 is 0.840 bits per heavy atom. The summed E-state index contributed by atoms with van der Waals surface area (Å²) in [6.07, 6.45) is 0. The van der Waals surface area contributed by atoms with E-state index in [1.54, 1.807) is 24.3 Å². The van der Waals surface area contributed by atoms with Crippen molar-refractivity contribution >= 4 is 33.3 Å². The summed E-state index contributed by atoms with van der Waals surface area (Å²) in [6.45, 7) is 1.87. The summed E-state index contributed by atoms with van der Waals surface area (Å²) in [7, 11) is 0. The third kappa shape index (κ3) is 3.53. The standard InChI is InChI=1S/C10H9NO2.C9H7NO2/c1-6-4-10(12)13-9-5-7(11)2-3-8(6)9;10-7-5-6-3-1-2-4-8(6)12-9(7)11/h2-5H,11H2,1H3;1-5H,10H2. The first kappa shape index (κ1) is 16.3. The van der Waals surface area contributed by atoms with Crippen LogP contribution in [0.2, 0.25) is 0 Å². The van der Waals surface area contributed by atoms with Crippen LogP contribution in [0.25, 0.3) is 21.9 Å². The maximum Gasteiger partial charge on any atom is 0.359 e. The smallest absolute Gasteiger partial charge is 0.359 e. The predicted octanol–water partition coefficient (Wildman–Crippen LogP) is 3.06. The quantitative estimate of drug-likeness (QED) is 0.377. The molecule has 126 valence electrons. The van der Waals surface area contributed by atoms with Crippen molar-refractivity contribution in [3.05, 3.63) is 81.0 Å². The van der Waals surface area contributed by atoms with Crippen LogP contribution in [0.15, 0.2) is 73.0 Å². The topological polar surface area (TPSA) is 112 Å². The maximum absolute atomic E-state index is 11.0. The van der Waals surface area contributed by atoms with Crippen molar-refractivity contribution in [3.63, 3.8) is 0 Å². The van der Waals surface area contributed by atoms with E-state index in [4.69, 9.17) is 20.3 Å². The molecule has 0 fully saturated rings. The number of anilines is 2. The molecule has 2 heterocycles. The Hall–Kier alpha value is -3.54. The lowest BCUT2D eigenvalue weighted by Gasteiger charge is -2.00. The second-order valence-corrected chi connectivity index (χ2v) is 5.53. The molecule has 4 rings (SSSR count). The van der Waals surface area contributed by atoms with Crippen LogP contribution in [0.4, 0.5) is 11.4 Å². The van der Waals surface area contributed by atoms with Gasteiger partial charge in [-0.1, -0.05) is 18.2 Å². The highest BCUT2D eigenvalue weighted by atomic mass is 16.4. The van der Waals surface area contributed by atoms with Gasteiger partial charge in [0.25, 0.3) is 0 Å². The van der Waals surface area contributed by atoms with Crippen LogP contribution in [-0.4, -0.2) is 0 Å². The van der Waals surface area contributed by atoms with Crippen LogP contribution < -0.4 is 22.7 Å². The van der Waals surface area contributed by atoms with Crippen molar-refractivity contribution in [2.75, 3.05) is 11.5 Å². The molecule has 25 heavy (non-hydrogen) atoms. The summed E-state index contributed by atoms with van der Waals surface area (Å²) in [6, 6.07) is 15.6. The van der Waals surface area contributed by atoms with Crippen LogP contribution in [0.3, 0.4) is 0 Å². The van der Waals surface area contributed by atoms with Crippen molar-refractivity contribution < 1.29 is 8.83 Å². The lowest BCUT2D eigenvalue weighted by Crippen LogP contribution is -2.05. The minimum absolute atomic E-state index is 0.147. The predicted molar refractivity (Wildman–Crippen MR) is 98.5 cm³/mol. The Labute approximate surface area is 142 Å². The van der Waals surface area contributed by atoms with Crippen LogP contribution in [0, 0.1) is 6.92 Å². The van der Waals surface area contributed by atoms with Crippen molar-refractivity contribution in [3.8, 4) is 0 Å². The number of nitrogens with two attached hydrogens (primary N) is 2. The summed E-state index contributed by atoms with van der Waals surface area (Å²) in [5.41, 5.74) is 12.9. The molecule has 2 aromatic carbocycles. The highest BCUT2D eigenvalue weighted by Crippen LogP contribution is 2.18. The number of hydrogen-bond donors (Lipinski definition) is 2. The average molecular weight is 336 g/mol. The zero-order valence-corrected chi connectivity index (χ0v) is 13.5. The fraction of sp³-hybridized carbons (Fsp3) is 0.0526. The lowest BCUT2D eigenvalue weighted by molar-refractivity contribution is 0.560. The van der Waals surface area contributed by atoms with Gasteiger partial charge in [-0.2, -0.15) is 0 Å². The molecule has 2 aromatic heterocycles. The number of aryl methyl sites for hydroxylation is 1. The number of nitrogen functional groups attached to an aromatic ring is 2. The van der Waals surface area contributed by atoms with Gasteiger partial charge in [0, 0.05) is 28.6 Å². The zero-order valence-electron chi connectivity index (χ0n) is 13.5. The average Bonchev–Trinajstić information content (AvgIpc) is 2.56. The highest BCUT2D eigenvalue weighted by molar-refractivity contribution is 5.82. The van der Waals surface area contributed by atoms with Gasteiger partial charge in [-0.3, -0.25) is 0 Å². The Kier molecular flexibility index (Phi) is 4.26. The van der Waals surface area contributed by atoms with Gasteiger partial charge in [0.05, 0.1) is 0 Å². The Morgan fingerprint density at radius 3 is 2.40 bits per heavy atom. The number of benzene rings is 2. The van der Waals surface area contributed by atoms with Gasteiger partial charge < -0.3 is 20.3 Å². The van der Waals surface area contributed by atoms with Gasteiger partial charge >= 0.3 is 11.3 Å². The van der Waals surface area contributed by atoms with E-state index >= 15 is 0 Å². The van der Waals surface area contributed by atoms with Crippen molar-refractivity contribution in [1.29, 1.82) is 0 Å². The van der Waals surface area contributed by atoms with E-state index in [-0.39, 0.29) is 11.3 Å². The third-order valence-corrected chi connectivity index (χ3v) is 3.64. The highest BCUT2D eigenvalue weighted by Gasteiger charge is 2.01. The van der Waals surface area contributed by atoms with Gasteiger partial charge in [-0.25, -0.2) is 9.59 Å². The summed E-state index contributed by atoms with van der Waals surface area (Å²) in [5.74, 6) is 0. The van der Waals surface area contributed by atoms with E-state index in [0.29, 0.717) is 16.9 Å². The molecular weight excluding hydrogens is 320 g/mol. The first-order valence-electron chi connectivity index (χ1n) is 7.52. The molecular formula is C19H16N2O4. The molecule has 0 unspecified atom stereocenters. The summed E-state index contributed by atoms with van der Waals surface area (Å²) < 4.78 is 9.90. The summed E-state index contributed by atoms with van der Waals surface area (Å²) >= 11 is 0. The molecule has 0 saturated heterocycles. The molecule has 0 aliphatic rings. The summed E-state index contributed by atoms with van der Waals surface area (Å²) in [5, 5.41) is 1.77. The van der Waals surface area contributed by atoms with Gasteiger partial charge in [-0.05, 0) is 36.8 Å². The minimum Gasteiger partial charge on any atom is -0.423 e. The van der Waals surface area contributed by atoms with E-state index in [0.717, 1.165) is 16.3 Å². The molecule has 0 aliphatic carbocycles. The molecule has 0 spiro atoms. The van der Waals surface area contributed by atoms with Gasteiger partial charge in [0.15, 0.2) is 0 Å². The monoisotopic (exact) mass is 336 g/mol. The van der Waals surface area contributed by atoms with E-state index in [1.165, 1.54) is 6.07 Å². The van der Waals surface area contributed by atoms with Crippen molar-refractivity contribution in [2.24, 2.45) is 0 Å². The summed E-state index contributed by atoms with van der Waals surface area (Å²) in [4.78, 5) is 21.9. The van der Waals surface area contributed by atoms with Gasteiger partial charge in [0.2, 0.25) is 0 Å². The minimum atomic E-state index is -0.478. The molecule has 0 radical (unpaired) electrons. The number of fused-ring (bicyclic) bond motifs is 2. The van der Waals surface area contributed by atoms with Crippen LogP contribution in [-0.2, 0) is 0 Å². The second kappa shape index (κ2) is 6.52. The molecule has 4 N–H and O–H groups in total. The number of rotatable bonds is 0. The third-order valence-electron chi connectivity index (χ3n) is 3.64. The molecule has 0 bridgehead atoms. The van der Waals surface area contributed by atoms with Crippen LogP contribution in [0.1, 0.15) is 5.56 Å². The Balaban J connectivity index is 0.000000146. The fourth-order valence-corrected chi connectivity index (χ4v) is 2.42. The van der Waals surface area contributed by atoms with E-state index < -0.39 is 5.63 Å². The van der Waals surface area contributed by atoms with E-state index in [2.05, 4.69) is 0 Å². The molecule has 0 amide bonds. The Bertz CT molecular complexity index is 1180. The van der Waals surface area contributed by atoms with Gasteiger partial charge in [0.1, 0.15) is 16.9 Å². The van der Waals surface area contributed by atoms with Crippen LogP contribution in [0.5, 0.6) is 0 Å². The van der Waals surface area contributed by atoms with Crippen molar-refractivity contribution in [2.45, 2.75) is 6.92 Å². The lowest BCUT2D eigenvalue weighted by atomic mass is 10.1. The van der Waals surface area contributed by atoms with Gasteiger partial charge in [-0.15, -0.1) is 0 Å². The fourth-order valence-electron chi connectivity index (χ4n) is 2.42. The van der Waals surface area contributed by atoms with Crippen molar-refractivity contribution in [1.82, 2.24) is 0 Å². The number of para-hydroxylation sites is 1. The Morgan fingerprint density at radius 2 is 1.60 bits per heavy atom. The first-order valence-corrected chi connectivity index (χ1v) is 7.52. The maximum atomic E-state index is 11.0. The molecule has 4 aromatic rings. The van der Waals surface area contributed by atoms with Crippen LogP contribution >= 0.6 is 0 Å². The molecule has 0 saturated carbocycles. The number of hydrogen-bond acceptors (Lipinski definition) is 6. The largest absolute Gasteiger partial charge is 0.423 e. The molecule has 0 aliphatic heterocycles.